The van der Waals surface area contributed by atoms with Gasteiger partial charge in [0.1, 0.15) is 0 Å². The van der Waals surface area contributed by atoms with Crippen molar-refractivity contribution in [3.05, 3.63) is 107 Å². The van der Waals surface area contributed by atoms with Crippen LogP contribution >= 0.6 is 0 Å². The largest absolute Gasteiger partial charge is 0.371 e. The van der Waals surface area contributed by atoms with E-state index in [0.717, 1.165) is 18.7 Å². The summed E-state index contributed by atoms with van der Waals surface area (Å²) in [4.78, 5) is 14.2. The molecule has 1 atom stereocenters. The summed E-state index contributed by atoms with van der Waals surface area (Å²) in [5, 5.41) is 0. The standard InChI is InChI=1S/C27H27NO/c1-4-28(5-2)27-24-14-10-9-13-23(24)25(26(27)21-11-7-6-8-12-21)22-17-15-20(16-18-22)19(3)29/h6-18,25H,4-5H2,1-3H3. The third-order valence-corrected chi connectivity index (χ3v) is 5.89. The molecule has 0 N–H and O–H groups in total. The van der Waals surface area contributed by atoms with Crippen LogP contribution in [0, 0.1) is 0 Å². The highest BCUT2D eigenvalue weighted by atomic mass is 16.1. The second-order valence-corrected chi connectivity index (χ2v) is 7.50. The van der Waals surface area contributed by atoms with Gasteiger partial charge in [-0.25, -0.2) is 0 Å². The molecule has 0 radical (unpaired) electrons. The van der Waals surface area contributed by atoms with E-state index in [4.69, 9.17) is 0 Å². The maximum atomic E-state index is 11.8. The molecule has 1 aliphatic rings. The number of nitrogens with zero attached hydrogens (tertiary/aromatic N) is 1. The minimum Gasteiger partial charge on any atom is -0.371 e. The summed E-state index contributed by atoms with van der Waals surface area (Å²) in [7, 11) is 0. The second kappa shape index (κ2) is 8.08. The molecular formula is C27H27NO. The Balaban J connectivity index is 1.97. The van der Waals surface area contributed by atoms with E-state index in [1.165, 1.54) is 33.5 Å². The van der Waals surface area contributed by atoms with Crippen LogP contribution in [0.2, 0.25) is 0 Å². The van der Waals surface area contributed by atoms with Crippen LogP contribution in [0.15, 0.2) is 78.9 Å². The fourth-order valence-electron chi connectivity index (χ4n) is 4.46. The van der Waals surface area contributed by atoms with Gasteiger partial charge in [0.2, 0.25) is 0 Å². The Morgan fingerprint density at radius 2 is 1.45 bits per heavy atom. The Morgan fingerprint density at radius 3 is 2.07 bits per heavy atom. The maximum Gasteiger partial charge on any atom is 0.159 e. The monoisotopic (exact) mass is 381 g/mol. The zero-order valence-electron chi connectivity index (χ0n) is 17.4. The van der Waals surface area contributed by atoms with Crippen LogP contribution in [-0.4, -0.2) is 23.8 Å². The minimum absolute atomic E-state index is 0.103. The van der Waals surface area contributed by atoms with Crippen LogP contribution in [0.3, 0.4) is 0 Å². The van der Waals surface area contributed by atoms with Crippen molar-refractivity contribution in [1.82, 2.24) is 4.90 Å². The predicted octanol–water partition coefficient (Wildman–Crippen LogP) is 6.24. The number of ketones is 1. The third-order valence-electron chi connectivity index (χ3n) is 5.89. The molecule has 3 aromatic carbocycles. The lowest BCUT2D eigenvalue weighted by molar-refractivity contribution is 0.101. The highest BCUT2D eigenvalue weighted by molar-refractivity contribution is 6.00. The first kappa shape index (κ1) is 19.2. The molecule has 146 valence electrons. The number of allylic oxidation sites excluding steroid dienone is 1. The summed E-state index contributed by atoms with van der Waals surface area (Å²) in [5.74, 6) is 0.260. The molecule has 2 heteroatoms. The van der Waals surface area contributed by atoms with Crippen molar-refractivity contribution in [3.63, 3.8) is 0 Å². The van der Waals surface area contributed by atoms with Gasteiger partial charge < -0.3 is 4.90 Å². The van der Waals surface area contributed by atoms with Crippen LogP contribution in [-0.2, 0) is 0 Å². The van der Waals surface area contributed by atoms with Gasteiger partial charge in [0.05, 0.1) is 0 Å². The fourth-order valence-corrected chi connectivity index (χ4v) is 4.46. The molecule has 29 heavy (non-hydrogen) atoms. The summed E-state index contributed by atoms with van der Waals surface area (Å²) in [5.41, 5.74) is 8.58. The lowest BCUT2D eigenvalue weighted by atomic mass is 9.85. The summed E-state index contributed by atoms with van der Waals surface area (Å²) in [6.45, 7) is 7.99. The van der Waals surface area contributed by atoms with Crippen molar-refractivity contribution in [2.24, 2.45) is 0 Å². The van der Waals surface area contributed by atoms with Gasteiger partial charge in [-0.15, -0.1) is 0 Å². The van der Waals surface area contributed by atoms with Gasteiger partial charge in [-0.05, 0) is 43.0 Å². The molecule has 0 fully saturated rings. The molecule has 0 aliphatic heterocycles. The highest BCUT2D eigenvalue weighted by Gasteiger charge is 2.34. The van der Waals surface area contributed by atoms with Crippen molar-refractivity contribution in [2.75, 3.05) is 13.1 Å². The summed E-state index contributed by atoms with van der Waals surface area (Å²) in [6.07, 6.45) is 0. The average Bonchev–Trinajstić information content (AvgIpc) is 3.10. The van der Waals surface area contributed by atoms with E-state index in [1.807, 2.05) is 12.1 Å². The molecule has 4 rings (SSSR count). The fraction of sp³-hybridized carbons (Fsp3) is 0.222. The van der Waals surface area contributed by atoms with Crippen LogP contribution in [0.4, 0.5) is 0 Å². The molecule has 0 aromatic heterocycles. The molecule has 0 bridgehead atoms. The molecule has 0 saturated carbocycles. The van der Waals surface area contributed by atoms with Gasteiger partial charge in [-0.2, -0.15) is 0 Å². The van der Waals surface area contributed by atoms with Gasteiger partial charge in [-0.1, -0.05) is 78.9 Å². The Morgan fingerprint density at radius 1 is 0.828 bits per heavy atom. The molecule has 0 amide bonds. The van der Waals surface area contributed by atoms with Crippen molar-refractivity contribution < 1.29 is 4.79 Å². The van der Waals surface area contributed by atoms with E-state index >= 15 is 0 Å². The van der Waals surface area contributed by atoms with E-state index in [1.54, 1.807) is 6.92 Å². The molecule has 0 spiro atoms. The minimum atomic E-state index is 0.103. The van der Waals surface area contributed by atoms with E-state index in [-0.39, 0.29) is 11.7 Å². The average molecular weight is 382 g/mol. The highest BCUT2D eigenvalue weighted by Crippen LogP contribution is 2.51. The zero-order chi connectivity index (χ0) is 20.4. The third kappa shape index (κ3) is 3.40. The first-order chi connectivity index (χ1) is 14.2. The van der Waals surface area contributed by atoms with Gasteiger partial charge in [0.15, 0.2) is 5.78 Å². The summed E-state index contributed by atoms with van der Waals surface area (Å²) >= 11 is 0. The van der Waals surface area contributed by atoms with Crippen LogP contribution in [0.5, 0.6) is 0 Å². The molecule has 0 saturated heterocycles. The van der Waals surface area contributed by atoms with Crippen molar-refractivity contribution >= 4 is 17.1 Å². The lowest BCUT2D eigenvalue weighted by Crippen LogP contribution is -2.21. The zero-order valence-corrected chi connectivity index (χ0v) is 17.4. The van der Waals surface area contributed by atoms with Gasteiger partial charge in [-0.3, -0.25) is 4.79 Å². The number of fused-ring (bicyclic) bond motifs is 1. The number of benzene rings is 3. The quantitative estimate of drug-likeness (QED) is 0.471. The molecule has 1 unspecified atom stereocenters. The molecular weight excluding hydrogens is 354 g/mol. The number of Topliss-reactive ketones (excluding diaryl/α,β-unsaturated/α-hetero) is 1. The summed E-state index contributed by atoms with van der Waals surface area (Å²) < 4.78 is 0. The Bertz CT molecular complexity index is 1040. The van der Waals surface area contributed by atoms with Gasteiger partial charge >= 0.3 is 0 Å². The smallest absolute Gasteiger partial charge is 0.159 e. The van der Waals surface area contributed by atoms with Gasteiger partial charge in [0, 0.05) is 35.8 Å². The normalized spacial score (nSPS) is 15.3. The van der Waals surface area contributed by atoms with Crippen LogP contribution < -0.4 is 0 Å². The number of hydrogen-bond acceptors (Lipinski definition) is 2. The van der Waals surface area contributed by atoms with Crippen molar-refractivity contribution in [3.8, 4) is 0 Å². The molecule has 0 heterocycles. The van der Waals surface area contributed by atoms with E-state index in [2.05, 4.69) is 85.5 Å². The second-order valence-electron chi connectivity index (χ2n) is 7.50. The topological polar surface area (TPSA) is 20.3 Å². The first-order valence-corrected chi connectivity index (χ1v) is 10.4. The maximum absolute atomic E-state index is 11.8. The van der Waals surface area contributed by atoms with E-state index in [9.17, 15) is 4.79 Å². The number of rotatable bonds is 6. The summed E-state index contributed by atoms with van der Waals surface area (Å²) in [6, 6.07) is 27.6. The number of hydrogen-bond donors (Lipinski definition) is 0. The van der Waals surface area contributed by atoms with Crippen molar-refractivity contribution in [2.45, 2.75) is 26.7 Å². The van der Waals surface area contributed by atoms with Crippen molar-refractivity contribution in [1.29, 1.82) is 0 Å². The van der Waals surface area contributed by atoms with E-state index < -0.39 is 0 Å². The first-order valence-electron chi connectivity index (χ1n) is 10.4. The van der Waals surface area contributed by atoms with Gasteiger partial charge in [0.25, 0.3) is 0 Å². The lowest BCUT2D eigenvalue weighted by Gasteiger charge is -2.26. The number of carbonyl (C=O) groups excluding carboxylic acids is 1. The SMILES string of the molecule is CCN(CC)C1=C(c2ccccc2)C(c2ccc(C(C)=O)cc2)c2ccccc21. The molecule has 1 aliphatic carbocycles. The molecule has 3 aromatic rings. The van der Waals surface area contributed by atoms with Crippen LogP contribution in [0.25, 0.3) is 11.3 Å². The van der Waals surface area contributed by atoms with E-state index in [0.29, 0.717) is 0 Å². The Labute approximate surface area is 173 Å². The Hall–Kier alpha value is -3.13. The number of carbonyl (C=O) groups is 1. The Kier molecular flexibility index (Phi) is 5.35. The van der Waals surface area contributed by atoms with Crippen LogP contribution in [0.1, 0.15) is 59.3 Å². The molecule has 2 nitrogen and oxygen atoms in total. The predicted molar refractivity (Wildman–Crippen MR) is 121 cm³/mol.